The fourth-order valence-electron chi connectivity index (χ4n) is 2.95. The summed E-state index contributed by atoms with van der Waals surface area (Å²) in [6.07, 6.45) is -3.84. The fourth-order valence-corrected chi connectivity index (χ4v) is 2.95. The van der Waals surface area contributed by atoms with Crippen LogP contribution in [0.5, 0.6) is 5.75 Å². The Kier molecular flexibility index (Phi) is 6.62. The van der Waals surface area contributed by atoms with Crippen LogP contribution in [-0.2, 0) is 6.18 Å². The van der Waals surface area contributed by atoms with Crippen LogP contribution in [0.25, 0.3) is 0 Å². The summed E-state index contributed by atoms with van der Waals surface area (Å²) in [5, 5.41) is 5.73. The molecule has 3 aromatic rings. The van der Waals surface area contributed by atoms with Gasteiger partial charge in [0, 0.05) is 23.6 Å². The zero-order valence-corrected chi connectivity index (χ0v) is 18.7. The molecule has 0 aliphatic carbocycles. The summed E-state index contributed by atoms with van der Waals surface area (Å²) < 4.78 is 46.5. The van der Waals surface area contributed by atoms with E-state index in [1.165, 1.54) is 0 Å². The van der Waals surface area contributed by atoms with Crippen molar-refractivity contribution in [1.29, 1.82) is 0 Å². The summed E-state index contributed by atoms with van der Waals surface area (Å²) in [7, 11) is 0. The molecule has 0 aliphatic rings. The maximum absolute atomic E-state index is 13.6. The third-order valence-corrected chi connectivity index (χ3v) is 4.45. The zero-order valence-electron chi connectivity index (χ0n) is 18.7. The molecule has 0 saturated heterocycles. The number of benzene rings is 2. The van der Waals surface area contributed by atoms with Crippen LogP contribution < -0.4 is 15.4 Å². The molecule has 0 amide bonds. The first-order valence-corrected chi connectivity index (χ1v) is 10.3. The molecule has 8 heteroatoms. The summed E-state index contributed by atoms with van der Waals surface area (Å²) in [5.74, 6) is 0.621. The van der Waals surface area contributed by atoms with Gasteiger partial charge in [-0.3, -0.25) is 0 Å². The van der Waals surface area contributed by atoms with Gasteiger partial charge in [0.25, 0.3) is 0 Å². The van der Waals surface area contributed by atoms with E-state index in [4.69, 9.17) is 4.74 Å². The van der Waals surface area contributed by atoms with E-state index in [0.29, 0.717) is 23.0 Å². The third kappa shape index (κ3) is 6.35. The number of nitrogens with zero attached hydrogens (tertiary/aromatic N) is 2. The highest BCUT2D eigenvalue weighted by Gasteiger charge is 2.35. The number of anilines is 4. The van der Waals surface area contributed by atoms with Crippen molar-refractivity contribution < 1.29 is 17.9 Å². The Labute approximate surface area is 186 Å². The highest BCUT2D eigenvalue weighted by molar-refractivity contribution is 5.64. The lowest BCUT2D eigenvalue weighted by Crippen LogP contribution is -2.22. The number of rotatable bonds is 6. The summed E-state index contributed by atoms with van der Waals surface area (Å²) in [5.41, 5.74) is 0.861. The molecule has 5 nitrogen and oxygen atoms in total. The van der Waals surface area contributed by atoms with E-state index in [1.807, 2.05) is 45.0 Å². The van der Waals surface area contributed by atoms with Gasteiger partial charge in [-0.25, -0.2) is 4.98 Å². The lowest BCUT2D eigenvalue weighted by atomic mass is 10.0. The van der Waals surface area contributed by atoms with Crippen molar-refractivity contribution in [1.82, 2.24) is 9.97 Å². The lowest BCUT2D eigenvalue weighted by molar-refractivity contribution is -0.137. The van der Waals surface area contributed by atoms with Crippen molar-refractivity contribution >= 4 is 23.1 Å². The second-order valence-electron chi connectivity index (χ2n) is 8.72. The van der Waals surface area contributed by atoms with Crippen LogP contribution in [-0.4, -0.2) is 15.6 Å². The van der Waals surface area contributed by atoms with Crippen LogP contribution in [0.3, 0.4) is 0 Å². The van der Waals surface area contributed by atoms with Crippen LogP contribution in [0.15, 0.2) is 54.7 Å². The number of halogens is 3. The fraction of sp³-hybridized carbons (Fsp3) is 0.333. The lowest BCUT2D eigenvalue weighted by Gasteiger charge is -2.22. The molecule has 0 bridgehead atoms. The summed E-state index contributed by atoms with van der Waals surface area (Å²) in [6, 6.07) is 14.3. The van der Waals surface area contributed by atoms with Crippen LogP contribution in [0.2, 0.25) is 0 Å². The summed E-state index contributed by atoms with van der Waals surface area (Å²) in [4.78, 5) is 7.96. The van der Waals surface area contributed by atoms with Gasteiger partial charge in [0.2, 0.25) is 5.95 Å². The first-order chi connectivity index (χ1) is 14.9. The summed E-state index contributed by atoms with van der Waals surface area (Å²) >= 11 is 0. The molecule has 0 radical (unpaired) electrons. The first-order valence-electron chi connectivity index (χ1n) is 10.3. The van der Waals surface area contributed by atoms with Gasteiger partial charge in [0.15, 0.2) is 0 Å². The van der Waals surface area contributed by atoms with Crippen molar-refractivity contribution in [2.24, 2.45) is 0 Å². The highest BCUT2D eigenvalue weighted by Crippen LogP contribution is 2.36. The Balaban J connectivity index is 1.89. The molecule has 170 valence electrons. The van der Waals surface area contributed by atoms with Gasteiger partial charge in [0.05, 0.1) is 0 Å². The minimum absolute atomic E-state index is 0.0555. The number of aromatic nitrogens is 2. The number of ether oxygens (including phenoxy) is 1. The Hall–Kier alpha value is -3.29. The molecule has 0 atom stereocenters. The quantitative estimate of drug-likeness (QED) is 0.418. The molecule has 2 aromatic carbocycles. The van der Waals surface area contributed by atoms with E-state index < -0.39 is 17.3 Å². The molecule has 1 heterocycles. The van der Waals surface area contributed by atoms with Gasteiger partial charge < -0.3 is 15.4 Å². The Morgan fingerprint density at radius 3 is 2.19 bits per heavy atom. The summed E-state index contributed by atoms with van der Waals surface area (Å²) in [6.45, 7) is 9.85. The van der Waals surface area contributed by atoms with E-state index in [2.05, 4.69) is 34.4 Å². The van der Waals surface area contributed by atoms with Gasteiger partial charge in [0.1, 0.15) is 22.7 Å². The molecule has 0 aliphatic heterocycles. The number of hydrogen-bond donors (Lipinski definition) is 2. The van der Waals surface area contributed by atoms with Crippen molar-refractivity contribution in [2.45, 2.75) is 52.3 Å². The smallest absolute Gasteiger partial charge is 0.421 e. The highest BCUT2D eigenvalue weighted by atomic mass is 19.4. The van der Waals surface area contributed by atoms with E-state index in [9.17, 15) is 13.2 Å². The Morgan fingerprint density at radius 1 is 0.906 bits per heavy atom. The van der Waals surface area contributed by atoms with Gasteiger partial charge in [-0.1, -0.05) is 32.0 Å². The molecule has 0 saturated carbocycles. The van der Waals surface area contributed by atoms with Crippen molar-refractivity contribution in [3.8, 4) is 5.75 Å². The Bertz CT molecular complexity index is 1060. The van der Waals surface area contributed by atoms with E-state index in [1.54, 1.807) is 24.3 Å². The minimum atomic E-state index is -4.61. The third-order valence-electron chi connectivity index (χ3n) is 4.45. The SMILES string of the molecule is CC(C)c1ccc(Nc2ncc(C(F)(F)F)c(Nc3cccc(OC(C)(C)C)c3)n2)cc1. The van der Waals surface area contributed by atoms with E-state index >= 15 is 0 Å². The van der Waals surface area contributed by atoms with E-state index in [-0.39, 0.29) is 11.8 Å². The maximum Gasteiger partial charge on any atom is 0.421 e. The van der Waals surface area contributed by atoms with Crippen molar-refractivity contribution in [2.75, 3.05) is 10.6 Å². The normalized spacial score (nSPS) is 12.0. The Morgan fingerprint density at radius 2 is 1.59 bits per heavy atom. The number of alkyl halides is 3. The van der Waals surface area contributed by atoms with Crippen LogP contribution in [0.4, 0.5) is 36.3 Å². The zero-order chi connectivity index (χ0) is 23.5. The van der Waals surface area contributed by atoms with E-state index in [0.717, 1.165) is 11.8 Å². The molecule has 0 spiro atoms. The monoisotopic (exact) mass is 444 g/mol. The van der Waals surface area contributed by atoms with Gasteiger partial charge in [-0.15, -0.1) is 0 Å². The van der Waals surface area contributed by atoms with Crippen LogP contribution in [0.1, 0.15) is 51.7 Å². The minimum Gasteiger partial charge on any atom is -0.488 e. The van der Waals surface area contributed by atoms with Crippen LogP contribution >= 0.6 is 0 Å². The van der Waals surface area contributed by atoms with Crippen molar-refractivity contribution in [3.05, 3.63) is 65.9 Å². The number of hydrogen-bond acceptors (Lipinski definition) is 5. The molecule has 0 fully saturated rings. The van der Waals surface area contributed by atoms with Crippen LogP contribution in [0, 0.1) is 0 Å². The molecular weight excluding hydrogens is 417 g/mol. The first kappa shape index (κ1) is 23.4. The van der Waals surface area contributed by atoms with Gasteiger partial charge in [-0.05, 0) is 56.5 Å². The predicted molar refractivity (Wildman–Crippen MR) is 121 cm³/mol. The molecular formula is C24H27F3N4O. The van der Waals surface area contributed by atoms with Gasteiger partial charge in [-0.2, -0.15) is 18.2 Å². The number of nitrogens with one attached hydrogen (secondary N) is 2. The van der Waals surface area contributed by atoms with Gasteiger partial charge >= 0.3 is 6.18 Å². The molecule has 32 heavy (non-hydrogen) atoms. The topological polar surface area (TPSA) is 59.1 Å². The molecule has 2 N–H and O–H groups in total. The molecule has 3 rings (SSSR count). The van der Waals surface area contributed by atoms with Crippen molar-refractivity contribution in [3.63, 3.8) is 0 Å². The average Bonchev–Trinajstić information content (AvgIpc) is 2.66. The predicted octanol–water partition coefficient (Wildman–Crippen LogP) is 7.28. The standard InChI is InChI=1S/C24H27F3N4O/c1-15(2)16-9-11-17(12-10-16)30-22-28-14-20(24(25,26)27)21(31-22)29-18-7-6-8-19(13-18)32-23(3,4)5/h6-15H,1-5H3,(H2,28,29,30,31). The second-order valence-corrected chi connectivity index (χ2v) is 8.72. The average molecular weight is 445 g/mol. The molecule has 1 aromatic heterocycles. The second kappa shape index (κ2) is 9.06. The largest absolute Gasteiger partial charge is 0.488 e. The maximum atomic E-state index is 13.6. The molecule has 0 unspecified atom stereocenters.